The maximum Gasteiger partial charge on any atom is 0.251 e. The molecule has 0 spiro atoms. The van der Waals surface area contributed by atoms with Gasteiger partial charge >= 0.3 is 0 Å². The Hall–Kier alpha value is -1.39. The number of nitrogens with one attached hydrogen (secondary N) is 3. The van der Waals surface area contributed by atoms with Crippen LogP contribution in [0.3, 0.4) is 0 Å². The van der Waals surface area contributed by atoms with Gasteiger partial charge in [-0.2, -0.15) is 0 Å². The van der Waals surface area contributed by atoms with E-state index in [2.05, 4.69) is 27.9 Å². The molecule has 1 aliphatic heterocycles. The summed E-state index contributed by atoms with van der Waals surface area (Å²) in [6.45, 7) is 7.70. The van der Waals surface area contributed by atoms with Crippen molar-refractivity contribution in [3.05, 3.63) is 35.4 Å². The lowest BCUT2D eigenvalue weighted by molar-refractivity contribution is 0.0168. The van der Waals surface area contributed by atoms with Crippen LogP contribution in [0, 0.1) is 0 Å². The van der Waals surface area contributed by atoms with Crippen molar-refractivity contribution in [1.29, 1.82) is 0 Å². The summed E-state index contributed by atoms with van der Waals surface area (Å²) in [5.74, 6) is 0.699. The van der Waals surface area contributed by atoms with Crippen LogP contribution in [0.1, 0.15) is 55.5 Å². The molecule has 3 N–H and O–H groups in total. The number of carbonyl (C=O) groups excluding carboxylic acids is 1. The van der Waals surface area contributed by atoms with Gasteiger partial charge in [-0.25, -0.2) is 0 Å². The van der Waals surface area contributed by atoms with Crippen LogP contribution in [0.5, 0.6) is 0 Å². The molecule has 1 amide bonds. The molecule has 1 aromatic rings. The fraction of sp³-hybridized carbons (Fsp3) is 0.636. The molecule has 1 aliphatic rings. The van der Waals surface area contributed by atoms with Gasteiger partial charge in [0.05, 0.1) is 12.7 Å². The largest absolute Gasteiger partial charge is 0.379 e. The molecular formula is C22H37IN4O3. The van der Waals surface area contributed by atoms with Crippen molar-refractivity contribution in [3.8, 4) is 0 Å². The van der Waals surface area contributed by atoms with Gasteiger partial charge in [-0.15, -0.1) is 24.0 Å². The van der Waals surface area contributed by atoms with Crippen LogP contribution in [0.25, 0.3) is 0 Å². The summed E-state index contributed by atoms with van der Waals surface area (Å²) < 4.78 is 11.2. The number of benzene rings is 1. The third-order valence-electron chi connectivity index (χ3n) is 4.95. The summed E-state index contributed by atoms with van der Waals surface area (Å²) in [5.41, 5.74) is 1.71. The van der Waals surface area contributed by atoms with E-state index >= 15 is 0 Å². The van der Waals surface area contributed by atoms with Crippen molar-refractivity contribution in [2.24, 2.45) is 4.99 Å². The van der Waals surface area contributed by atoms with Gasteiger partial charge < -0.3 is 25.4 Å². The summed E-state index contributed by atoms with van der Waals surface area (Å²) in [4.78, 5) is 16.5. The molecule has 0 saturated carbocycles. The minimum absolute atomic E-state index is 0. The molecule has 30 heavy (non-hydrogen) atoms. The van der Waals surface area contributed by atoms with Gasteiger partial charge in [0.1, 0.15) is 0 Å². The van der Waals surface area contributed by atoms with E-state index in [1.807, 2.05) is 31.2 Å². The predicted octanol–water partition coefficient (Wildman–Crippen LogP) is 3.08. The molecule has 1 saturated heterocycles. The van der Waals surface area contributed by atoms with Gasteiger partial charge in [-0.1, -0.05) is 19.1 Å². The number of halogens is 1. The Bertz CT molecular complexity index is 651. The second kappa shape index (κ2) is 15.4. The molecule has 170 valence electrons. The third kappa shape index (κ3) is 10.1. The molecule has 0 aromatic heterocycles. The van der Waals surface area contributed by atoms with Crippen molar-refractivity contribution < 1.29 is 14.3 Å². The van der Waals surface area contributed by atoms with Crippen molar-refractivity contribution in [2.75, 3.05) is 33.4 Å². The Labute approximate surface area is 197 Å². The average molecular weight is 532 g/mol. The summed E-state index contributed by atoms with van der Waals surface area (Å²) in [6.07, 6.45) is 4.34. The van der Waals surface area contributed by atoms with Crippen molar-refractivity contribution in [3.63, 3.8) is 0 Å². The standard InChI is InChI=1S/C22H36N4O3.HI/c1-4-17(2)26-21(27)19-9-5-8-18(14-19)15-25-22(23-3)24-11-7-12-28-16-20-10-6-13-29-20;/h5,8-9,14,17,20H,4,6-7,10-13,15-16H2,1-3H3,(H,26,27)(H2,23,24,25);1H. The highest BCUT2D eigenvalue weighted by atomic mass is 127. The maximum absolute atomic E-state index is 12.3. The van der Waals surface area contributed by atoms with Gasteiger partial charge in [0.2, 0.25) is 0 Å². The number of rotatable bonds is 11. The minimum atomic E-state index is -0.0355. The van der Waals surface area contributed by atoms with E-state index < -0.39 is 0 Å². The zero-order valence-electron chi connectivity index (χ0n) is 18.4. The van der Waals surface area contributed by atoms with Crippen LogP contribution in [-0.4, -0.2) is 57.4 Å². The van der Waals surface area contributed by atoms with Crippen LogP contribution >= 0.6 is 24.0 Å². The Morgan fingerprint density at radius 2 is 2.20 bits per heavy atom. The first kappa shape index (κ1) is 26.6. The number of aliphatic imine (C=N–C) groups is 1. The summed E-state index contributed by atoms with van der Waals surface area (Å²) in [6, 6.07) is 7.83. The van der Waals surface area contributed by atoms with Crippen molar-refractivity contribution in [2.45, 2.75) is 58.2 Å². The quantitative estimate of drug-likeness (QED) is 0.177. The number of nitrogens with zero attached hydrogens (tertiary/aromatic N) is 1. The van der Waals surface area contributed by atoms with E-state index in [4.69, 9.17) is 9.47 Å². The highest BCUT2D eigenvalue weighted by Crippen LogP contribution is 2.11. The lowest BCUT2D eigenvalue weighted by Crippen LogP contribution is -2.37. The fourth-order valence-corrected chi connectivity index (χ4v) is 3.01. The molecule has 7 nitrogen and oxygen atoms in total. The Balaban J connectivity index is 0.00000450. The third-order valence-corrected chi connectivity index (χ3v) is 4.95. The van der Waals surface area contributed by atoms with E-state index in [-0.39, 0.29) is 42.0 Å². The lowest BCUT2D eigenvalue weighted by atomic mass is 10.1. The van der Waals surface area contributed by atoms with E-state index in [0.29, 0.717) is 25.3 Å². The van der Waals surface area contributed by atoms with Gasteiger partial charge in [-0.05, 0) is 50.3 Å². The van der Waals surface area contributed by atoms with E-state index in [1.54, 1.807) is 7.05 Å². The number of guanidine groups is 1. The highest BCUT2D eigenvalue weighted by Gasteiger charge is 2.15. The van der Waals surface area contributed by atoms with Gasteiger partial charge in [0.25, 0.3) is 5.91 Å². The molecule has 0 bridgehead atoms. The van der Waals surface area contributed by atoms with E-state index in [9.17, 15) is 4.79 Å². The molecular weight excluding hydrogens is 495 g/mol. The summed E-state index contributed by atoms with van der Waals surface area (Å²) in [7, 11) is 1.75. The number of carbonyl (C=O) groups is 1. The van der Waals surface area contributed by atoms with E-state index in [1.165, 1.54) is 0 Å². The average Bonchev–Trinajstić information content (AvgIpc) is 3.26. The minimum Gasteiger partial charge on any atom is -0.379 e. The first-order chi connectivity index (χ1) is 14.1. The molecule has 0 aliphatic carbocycles. The Morgan fingerprint density at radius 1 is 1.37 bits per heavy atom. The molecule has 2 rings (SSSR count). The SMILES string of the molecule is CCC(C)NC(=O)c1cccc(CNC(=NC)NCCCOCC2CCCO2)c1.I. The van der Waals surface area contributed by atoms with Crippen LogP contribution in [-0.2, 0) is 16.0 Å². The fourth-order valence-electron chi connectivity index (χ4n) is 3.01. The number of hydrogen-bond acceptors (Lipinski definition) is 4. The molecule has 8 heteroatoms. The molecule has 2 atom stereocenters. The number of hydrogen-bond donors (Lipinski definition) is 3. The molecule has 2 unspecified atom stereocenters. The van der Waals surface area contributed by atoms with Crippen LogP contribution in [0.2, 0.25) is 0 Å². The first-order valence-corrected chi connectivity index (χ1v) is 10.7. The van der Waals surface area contributed by atoms with Crippen LogP contribution < -0.4 is 16.0 Å². The van der Waals surface area contributed by atoms with Gasteiger partial charge in [-0.3, -0.25) is 9.79 Å². The Morgan fingerprint density at radius 3 is 2.90 bits per heavy atom. The molecule has 1 heterocycles. The Kier molecular flexibility index (Phi) is 13.7. The topological polar surface area (TPSA) is 84.0 Å². The zero-order valence-corrected chi connectivity index (χ0v) is 20.7. The second-order valence-electron chi connectivity index (χ2n) is 7.40. The monoisotopic (exact) mass is 532 g/mol. The molecule has 1 fully saturated rings. The van der Waals surface area contributed by atoms with Gasteiger partial charge in [0.15, 0.2) is 5.96 Å². The maximum atomic E-state index is 12.3. The highest BCUT2D eigenvalue weighted by molar-refractivity contribution is 14.0. The van der Waals surface area contributed by atoms with Crippen LogP contribution in [0.15, 0.2) is 29.3 Å². The smallest absolute Gasteiger partial charge is 0.251 e. The van der Waals surface area contributed by atoms with Crippen molar-refractivity contribution in [1.82, 2.24) is 16.0 Å². The van der Waals surface area contributed by atoms with E-state index in [0.717, 1.165) is 50.4 Å². The normalized spacial score (nSPS) is 17.2. The number of amides is 1. The second-order valence-corrected chi connectivity index (χ2v) is 7.40. The predicted molar refractivity (Wildman–Crippen MR) is 132 cm³/mol. The first-order valence-electron chi connectivity index (χ1n) is 10.7. The molecule has 1 aromatic carbocycles. The van der Waals surface area contributed by atoms with Crippen molar-refractivity contribution >= 4 is 35.8 Å². The number of ether oxygens (including phenoxy) is 2. The lowest BCUT2D eigenvalue weighted by Gasteiger charge is -2.14. The molecule has 0 radical (unpaired) electrons. The summed E-state index contributed by atoms with van der Waals surface area (Å²) >= 11 is 0. The van der Waals surface area contributed by atoms with Gasteiger partial charge in [0, 0.05) is 45.0 Å². The zero-order chi connectivity index (χ0) is 20.9. The van der Waals surface area contributed by atoms with Crippen LogP contribution in [0.4, 0.5) is 0 Å². The summed E-state index contributed by atoms with van der Waals surface area (Å²) in [5, 5.41) is 9.57.